The molecule has 0 aliphatic carbocycles. The molecule has 2 N–H and O–H groups in total. The maximum atomic E-state index is 12.2. The summed E-state index contributed by atoms with van der Waals surface area (Å²) in [5.41, 5.74) is 0.208. The molecule has 6 heteroatoms. The Morgan fingerprint density at radius 3 is 2.19 bits per heavy atom. The van der Waals surface area contributed by atoms with Crippen molar-refractivity contribution in [2.45, 2.75) is 39.7 Å². The normalized spacial score (nSPS) is 15.4. The van der Waals surface area contributed by atoms with Gasteiger partial charge in [-0.2, -0.15) is 0 Å². The second-order valence-corrected chi connectivity index (χ2v) is 8.15. The summed E-state index contributed by atoms with van der Waals surface area (Å²) in [6.07, 6.45) is 0. The maximum Gasteiger partial charge on any atom is 0.322 e. The van der Waals surface area contributed by atoms with Gasteiger partial charge in [-0.3, -0.25) is 4.79 Å². The Labute approximate surface area is 126 Å². The van der Waals surface area contributed by atoms with Crippen LogP contribution < -0.4 is 4.72 Å². The molecular weight excluding hydrogens is 290 g/mol. The Hall–Kier alpha value is -1.40. The summed E-state index contributed by atoms with van der Waals surface area (Å²) in [6.45, 7) is 6.88. The predicted molar refractivity (Wildman–Crippen MR) is 82.7 cm³/mol. The first-order chi connectivity index (χ1) is 9.53. The molecule has 0 aliphatic rings. The summed E-state index contributed by atoms with van der Waals surface area (Å²) in [5, 5.41) is 9.20. The topological polar surface area (TPSA) is 83.5 Å². The molecule has 0 bridgehead atoms. The van der Waals surface area contributed by atoms with E-state index in [1.54, 1.807) is 27.7 Å². The molecule has 1 aromatic rings. The summed E-state index contributed by atoms with van der Waals surface area (Å²) >= 11 is 0. The zero-order valence-electron chi connectivity index (χ0n) is 12.8. The van der Waals surface area contributed by atoms with E-state index >= 15 is 0 Å². The van der Waals surface area contributed by atoms with Crippen molar-refractivity contribution in [2.75, 3.05) is 5.75 Å². The van der Waals surface area contributed by atoms with Crippen molar-refractivity contribution in [1.82, 2.24) is 4.72 Å². The molecule has 1 rings (SSSR count). The van der Waals surface area contributed by atoms with Gasteiger partial charge >= 0.3 is 5.97 Å². The Kier molecular flexibility index (Phi) is 5.53. The molecule has 0 heterocycles. The van der Waals surface area contributed by atoms with Crippen molar-refractivity contribution < 1.29 is 18.3 Å². The van der Waals surface area contributed by atoms with Crippen LogP contribution in [0.25, 0.3) is 0 Å². The fraction of sp³-hybridized carbons (Fsp3) is 0.533. The van der Waals surface area contributed by atoms with Gasteiger partial charge in [0.05, 0.1) is 5.75 Å². The summed E-state index contributed by atoms with van der Waals surface area (Å²) < 4.78 is 26.7. The standard InChI is InChI=1S/C15H23NO4S/c1-11(12-8-6-5-7-9-12)10-21(19,20)16-13(14(17)18)15(2,3)4/h5-9,11,13,16H,10H2,1-4H3,(H,17,18)/t11?,13-/m0/s1. The van der Waals surface area contributed by atoms with Crippen molar-refractivity contribution in [3.05, 3.63) is 35.9 Å². The summed E-state index contributed by atoms with van der Waals surface area (Å²) in [7, 11) is -3.69. The van der Waals surface area contributed by atoms with Gasteiger partial charge in [-0.05, 0) is 16.9 Å². The Balaban J connectivity index is 2.84. The van der Waals surface area contributed by atoms with Crippen LogP contribution >= 0.6 is 0 Å². The zero-order chi connectivity index (χ0) is 16.3. The molecule has 0 fully saturated rings. The molecule has 0 spiro atoms. The number of hydrogen-bond acceptors (Lipinski definition) is 3. The number of carboxylic acid groups (broad SMARTS) is 1. The van der Waals surface area contributed by atoms with Crippen LogP contribution in [0.1, 0.15) is 39.2 Å². The first kappa shape index (κ1) is 17.7. The number of aliphatic carboxylic acids is 1. The second kappa shape index (κ2) is 6.58. The van der Waals surface area contributed by atoms with E-state index in [2.05, 4.69) is 4.72 Å². The molecule has 0 amide bonds. The monoisotopic (exact) mass is 313 g/mol. The van der Waals surface area contributed by atoms with Crippen molar-refractivity contribution in [3.8, 4) is 0 Å². The number of sulfonamides is 1. The van der Waals surface area contributed by atoms with Gasteiger partial charge < -0.3 is 5.11 Å². The Morgan fingerprint density at radius 2 is 1.76 bits per heavy atom. The lowest BCUT2D eigenvalue weighted by Gasteiger charge is -2.28. The molecular formula is C15H23NO4S. The molecule has 21 heavy (non-hydrogen) atoms. The van der Waals surface area contributed by atoms with E-state index < -0.39 is 27.4 Å². The van der Waals surface area contributed by atoms with Crippen molar-refractivity contribution in [1.29, 1.82) is 0 Å². The fourth-order valence-corrected chi connectivity index (χ4v) is 3.79. The van der Waals surface area contributed by atoms with E-state index in [1.807, 2.05) is 30.3 Å². The van der Waals surface area contributed by atoms with Crippen molar-refractivity contribution in [2.24, 2.45) is 5.41 Å². The second-order valence-electron chi connectivity index (χ2n) is 6.35. The van der Waals surface area contributed by atoms with E-state index in [1.165, 1.54) is 0 Å². The first-order valence-electron chi connectivity index (χ1n) is 6.80. The van der Waals surface area contributed by atoms with Crippen LogP contribution in [-0.2, 0) is 14.8 Å². The third kappa shape index (κ3) is 5.47. The van der Waals surface area contributed by atoms with Crippen LogP contribution in [0.3, 0.4) is 0 Å². The smallest absolute Gasteiger partial charge is 0.322 e. The summed E-state index contributed by atoms with van der Waals surface area (Å²) in [6, 6.07) is 8.13. The maximum absolute atomic E-state index is 12.2. The number of carboxylic acids is 1. The molecule has 0 aliphatic heterocycles. The van der Waals surface area contributed by atoms with Gasteiger partial charge in [0.25, 0.3) is 0 Å². The lowest BCUT2D eigenvalue weighted by molar-refractivity contribution is -0.141. The number of nitrogens with one attached hydrogen (secondary N) is 1. The highest BCUT2D eigenvalue weighted by Crippen LogP contribution is 2.22. The van der Waals surface area contributed by atoms with Crippen LogP contribution in [0.15, 0.2) is 30.3 Å². The molecule has 118 valence electrons. The van der Waals surface area contributed by atoms with Gasteiger partial charge in [-0.1, -0.05) is 58.0 Å². The number of benzene rings is 1. The van der Waals surface area contributed by atoms with Gasteiger partial charge in [0.1, 0.15) is 6.04 Å². The summed E-state index contributed by atoms with van der Waals surface area (Å²) in [5.74, 6) is -1.52. The molecule has 0 radical (unpaired) electrons. The van der Waals surface area contributed by atoms with Crippen LogP contribution in [0.4, 0.5) is 0 Å². The quantitative estimate of drug-likeness (QED) is 0.843. The van der Waals surface area contributed by atoms with Crippen LogP contribution in [0.2, 0.25) is 0 Å². The van der Waals surface area contributed by atoms with Crippen molar-refractivity contribution in [3.63, 3.8) is 0 Å². The van der Waals surface area contributed by atoms with Crippen molar-refractivity contribution >= 4 is 16.0 Å². The summed E-state index contributed by atoms with van der Waals surface area (Å²) in [4.78, 5) is 11.3. The predicted octanol–water partition coefficient (Wildman–Crippen LogP) is 2.21. The molecule has 0 saturated heterocycles. The van der Waals surface area contributed by atoms with Crippen LogP contribution in [-0.4, -0.2) is 31.3 Å². The average molecular weight is 313 g/mol. The minimum atomic E-state index is -3.69. The van der Waals surface area contributed by atoms with Gasteiger partial charge in [0, 0.05) is 0 Å². The van der Waals surface area contributed by atoms with Gasteiger partial charge in [-0.25, -0.2) is 13.1 Å². The fourth-order valence-electron chi connectivity index (χ4n) is 2.03. The lowest BCUT2D eigenvalue weighted by atomic mass is 9.88. The number of rotatable bonds is 6. The number of hydrogen-bond donors (Lipinski definition) is 2. The third-order valence-corrected chi connectivity index (χ3v) is 4.78. The highest BCUT2D eigenvalue weighted by Gasteiger charge is 2.35. The largest absolute Gasteiger partial charge is 0.480 e. The van der Waals surface area contributed by atoms with E-state index in [0.29, 0.717) is 0 Å². The minimum Gasteiger partial charge on any atom is -0.480 e. The Bertz CT molecular complexity index is 575. The molecule has 1 aromatic carbocycles. The molecule has 0 saturated carbocycles. The lowest BCUT2D eigenvalue weighted by Crippen LogP contribution is -2.49. The van der Waals surface area contributed by atoms with E-state index in [0.717, 1.165) is 5.56 Å². The van der Waals surface area contributed by atoms with Gasteiger partial charge in [0.15, 0.2) is 0 Å². The zero-order valence-corrected chi connectivity index (χ0v) is 13.6. The SMILES string of the molecule is CC(CS(=O)(=O)N[C@@H](C(=O)O)C(C)(C)C)c1ccccc1. The molecule has 2 atom stereocenters. The van der Waals surface area contributed by atoms with Gasteiger partial charge in [-0.15, -0.1) is 0 Å². The number of carbonyl (C=O) groups is 1. The van der Waals surface area contributed by atoms with Gasteiger partial charge in [0.2, 0.25) is 10.0 Å². The highest BCUT2D eigenvalue weighted by molar-refractivity contribution is 7.89. The average Bonchev–Trinajstić information content (AvgIpc) is 2.35. The highest BCUT2D eigenvalue weighted by atomic mass is 32.2. The molecule has 0 aromatic heterocycles. The third-order valence-electron chi connectivity index (χ3n) is 3.25. The van der Waals surface area contributed by atoms with E-state index in [9.17, 15) is 18.3 Å². The molecule has 5 nitrogen and oxygen atoms in total. The van der Waals surface area contributed by atoms with Crippen LogP contribution in [0, 0.1) is 5.41 Å². The van der Waals surface area contributed by atoms with Crippen LogP contribution in [0.5, 0.6) is 0 Å². The Morgan fingerprint density at radius 1 is 1.24 bits per heavy atom. The van der Waals surface area contributed by atoms with E-state index in [4.69, 9.17) is 0 Å². The first-order valence-corrected chi connectivity index (χ1v) is 8.46. The van der Waals surface area contributed by atoms with E-state index in [-0.39, 0.29) is 11.7 Å². The molecule has 1 unspecified atom stereocenters. The minimum absolute atomic E-state index is 0.142.